The molecule has 0 radical (unpaired) electrons. The molecule has 18 heavy (non-hydrogen) atoms. The lowest BCUT2D eigenvalue weighted by Gasteiger charge is -2.00. The maximum absolute atomic E-state index is 2.26. The quantitative estimate of drug-likeness (QED) is 0.297. The van der Waals surface area contributed by atoms with Crippen molar-refractivity contribution in [3.05, 3.63) is 54.4 Å². The minimum absolute atomic E-state index is 0. The second-order valence-corrected chi connectivity index (χ2v) is 4.30. The van der Waals surface area contributed by atoms with Gasteiger partial charge in [0.05, 0.1) is 0 Å². The fourth-order valence-corrected chi connectivity index (χ4v) is 1.78. The Kier molecular flexibility index (Phi) is 11.0. The van der Waals surface area contributed by atoms with Crippen LogP contribution in [0.5, 0.6) is 0 Å². The van der Waals surface area contributed by atoms with Gasteiger partial charge in [-0.2, -0.15) is 0 Å². The first kappa shape index (κ1) is 17.4. The van der Waals surface area contributed by atoms with Crippen LogP contribution >= 0.6 is 0 Å². The minimum atomic E-state index is 0. The Balaban J connectivity index is 0.00000289. The minimum Gasteiger partial charge on any atom is -1.00 e. The van der Waals surface area contributed by atoms with Crippen LogP contribution in [0.3, 0.4) is 0 Å². The second kappa shape index (κ2) is 11.5. The molecule has 0 saturated heterocycles. The Morgan fingerprint density at radius 1 is 1.11 bits per heavy atom. The molecule has 0 unspecified atom stereocenters. The average molecular weight is 357 g/mol. The zero-order valence-electron chi connectivity index (χ0n) is 11.5. The zero-order chi connectivity index (χ0) is 12.3. The van der Waals surface area contributed by atoms with Crippen molar-refractivity contribution < 1.29 is 28.5 Å². The predicted octanol–water partition coefficient (Wildman–Crippen LogP) is 1.06. The number of aromatic nitrogens is 1. The van der Waals surface area contributed by atoms with Gasteiger partial charge in [-0.15, -0.1) is 0 Å². The summed E-state index contributed by atoms with van der Waals surface area (Å²) in [6, 6.07) is 6.17. The van der Waals surface area contributed by atoms with Gasteiger partial charge >= 0.3 is 0 Å². The van der Waals surface area contributed by atoms with E-state index in [0.29, 0.717) is 0 Å². The molecule has 0 fully saturated rings. The van der Waals surface area contributed by atoms with Gasteiger partial charge in [0, 0.05) is 12.1 Å². The molecule has 1 aromatic heterocycles. The number of hydrogen-bond donors (Lipinski definition) is 0. The van der Waals surface area contributed by atoms with Crippen molar-refractivity contribution in [3.8, 4) is 0 Å². The molecular formula is C16H24IN. The molecule has 0 saturated carbocycles. The van der Waals surface area contributed by atoms with Crippen LogP contribution in [0, 0.1) is 0 Å². The Hall–Kier alpha value is -0.640. The fraction of sp³-hybridized carbons (Fsp3) is 0.438. The first-order valence-corrected chi connectivity index (χ1v) is 6.62. The van der Waals surface area contributed by atoms with Crippen LogP contribution in [0.1, 0.15) is 39.5 Å². The van der Waals surface area contributed by atoms with E-state index < -0.39 is 0 Å². The summed E-state index contributed by atoms with van der Waals surface area (Å²) in [7, 11) is 0. The molecule has 0 aromatic carbocycles. The van der Waals surface area contributed by atoms with Crippen molar-refractivity contribution in [2.24, 2.45) is 0 Å². The van der Waals surface area contributed by atoms with E-state index in [4.69, 9.17) is 0 Å². The van der Waals surface area contributed by atoms with Crippen molar-refractivity contribution in [2.75, 3.05) is 0 Å². The van der Waals surface area contributed by atoms with Crippen molar-refractivity contribution in [1.29, 1.82) is 0 Å². The normalized spacial score (nSPS) is 11.6. The van der Waals surface area contributed by atoms with Crippen LogP contribution in [-0.4, -0.2) is 0 Å². The predicted molar refractivity (Wildman–Crippen MR) is 73.7 cm³/mol. The van der Waals surface area contributed by atoms with E-state index in [1.54, 1.807) is 0 Å². The van der Waals surface area contributed by atoms with E-state index >= 15 is 0 Å². The van der Waals surface area contributed by atoms with E-state index in [0.717, 1.165) is 6.54 Å². The summed E-state index contributed by atoms with van der Waals surface area (Å²) in [6.45, 7) is 5.32. The molecule has 100 valence electrons. The van der Waals surface area contributed by atoms with Crippen LogP contribution in [0.4, 0.5) is 0 Å². The van der Waals surface area contributed by atoms with Crippen LogP contribution in [0.2, 0.25) is 0 Å². The van der Waals surface area contributed by atoms with Gasteiger partial charge < -0.3 is 24.0 Å². The summed E-state index contributed by atoms with van der Waals surface area (Å²) in [5.74, 6) is 0. The Morgan fingerprint density at radius 2 is 1.83 bits per heavy atom. The van der Waals surface area contributed by atoms with Gasteiger partial charge in [0.25, 0.3) is 0 Å². The maximum atomic E-state index is 2.26. The summed E-state index contributed by atoms with van der Waals surface area (Å²) >= 11 is 0. The van der Waals surface area contributed by atoms with Gasteiger partial charge in [0.1, 0.15) is 0 Å². The Labute approximate surface area is 129 Å². The van der Waals surface area contributed by atoms with Gasteiger partial charge in [0.2, 0.25) is 0 Å². The summed E-state index contributed by atoms with van der Waals surface area (Å²) in [5, 5.41) is 0. The van der Waals surface area contributed by atoms with E-state index in [2.05, 4.69) is 61.2 Å². The molecule has 0 N–H and O–H groups in total. The number of halogens is 1. The zero-order valence-corrected chi connectivity index (χ0v) is 13.6. The topological polar surface area (TPSA) is 3.88 Å². The third kappa shape index (κ3) is 7.64. The van der Waals surface area contributed by atoms with Crippen molar-refractivity contribution in [3.63, 3.8) is 0 Å². The van der Waals surface area contributed by atoms with E-state index in [9.17, 15) is 0 Å². The average Bonchev–Trinajstić information content (AvgIpc) is 2.38. The fourth-order valence-electron chi connectivity index (χ4n) is 1.78. The van der Waals surface area contributed by atoms with Gasteiger partial charge in [-0.25, -0.2) is 4.57 Å². The molecule has 0 spiro atoms. The number of rotatable bonds is 7. The molecule has 1 rings (SSSR count). The van der Waals surface area contributed by atoms with Crippen LogP contribution in [-0.2, 0) is 6.54 Å². The second-order valence-electron chi connectivity index (χ2n) is 4.30. The molecule has 0 aliphatic carbocycles. The largest absolute Gasteiger partial charge is 1.00 e. The third-order valence-corrected chi connectivity index (χ3v) is 2.87. The Bertz CT molecular complexity index is 355. The van der Waals surface area contributed by atoms with E-state index in [-0.39, 0.29) is 24.0 Å². The lowest BCUT2D eigenvalue weighted by molar-refractivity contribution is -0.687. The summed E-state index contributed by atoms with van der Waals surface area (Å²) in [4.78, 5) is 0. The first-order chi connectivity index (χ1) is 8.36. The molecule has 1 nitrogen and oxygen atoms in total. The molecule has 0 amide bonds. The van der Waals surface area contributed by atoms with Gasteiger partial charge in [0.15, 0.2) is 18.9 Å². The summed E-state index contributed by atoms with van der Waals surface area (Å²) < 4.78 is 2.18. The Morgan fingerprint density at radius 3 is 2.44 bits per heavy atom. The molecule has 0 atom stereocenters. The molecule has 0 aliphatic rings. The molecular weight excluding hydrogens is 333 g/mol. The number of unbranched alkanes of at least 4 members (excludes halogenated alkanes) is 2. The van der Waals surface area contributed by atoms with E-state index in [1.807, 2.05) is 6.07 Å². The highest BCUT2D eigenvalue weighted by Gasteiger charge is 1.94. The summed E-state index contributed by atoms with van der Waals surface area (Å²) in [5.41, 5.74) is 1.45. The third-order valence-electron chi connectivity index (χ3n) is 2.87. The lowest BCUT2D eigenvalue weighted by Crippen LogP contribution is -3.00. The lowest BCUT2D eigenvalue weighted by atomic mass is 10.1. The van der Waals surface area contributed by atoms with Gasteiger partial charge in [-0.05, 0) is 25.8 Å². The van der Waals surface area contributed by atoms with Gasteiger partial charge in [-0.3, -0.25) is 0 Å². The SMILES string of the molecule is CC=C(C=CC[n+]1ccccc1)CCCCC.[I-]. The smallest absolute Gasteiger partial charge is 0.169 e. The standard InChI is InChI=1S/C16H24N.HI/c1-3-5-7-11-16(4-2)12-10-15-17-13-8-6-9-14-17;/h4,6,8-10,12-14H,3,5,7,11,15H2,1-2H3;1H/q+1;/p-1. The number of pyridine rings is 1. The van der Waals surface area contributed by atoms with Gasteiger partial charge in [-0.1, -0.05) is 43.6 Å². The molecule has 2 heteroatoms. The van der Waals surface area contributed by atoms with Crippen molar-refractivity contribution >= 4 is 0 Å². The summed E-state index contributed by atoms with van der Waals surface area (Å²) in [6.07, 6.45) is 16.0. The molecule has 1 heterocycles. The van der Waals surface area contributed by atoms with Crippen LogP contribution < -0.4 is 28.5 Å². The molecule has 0 aliphatic heterocycles. The van der Waals surface area contributed by atoms with Crippen molar-refractivity contribution in [2.45, 2.75) is 46.1 Å². The maximum Gasteiger partial charge on any atom is 0.169 e. The monoisotopic (exact) mass is 357 g/mol. The van der Waals surface area contributed by atoms with E-state index in [1.165, 1.54) is 31.3 Å². The highest BCUT2D eigenvalue weighted by molar-refractivity contribution is 5.17. The first-order valence-electron chi connectivity index (χ1n) is 6.62. The van der Waals surface area contributed by atoms with Crippen molar-refractivity contribution in [1.82, 2.24) is 0 Å². The number of hydrogen-bond acceptors (Lipinski definition) is 0. The number of nitrogens with zero attached hydrogens (tertiary/aromatic N) is 1. The number of allylic oxidation sites excluding steroid dienone is 4. The molecule has 0 bridgehead atoms. The van der Waals surface area contributed by atoms with Crippen LogP contribution in [0.15, 0.2) is 54.4 Å². The highest BCUT2D eigenvalue weighted by Crippen LogP contribution is 2.09. The highest BCUT2D eigenvalue weighted by atomic mass is 127. The molecule has 1 aromatic rings. The van der Waals surface area contributed by atoms with Crippen LogP contribution in [0.25, 0.3) is 0 Å².